The molecule has 1 unspecified atom stereocenters. The summed E-state index contributed by atoms with van der Waals surface area (Å²) >= 11 is 0. The van der Waals surface area contributed by atoms with Crippen LogP contribution < -0.4 is 4.72 Å². The fraction of sp³-hybridized carbons (Fsp3) is 0.259. The van der Waals surface area contributed by atoms with Gasteiger partial charge in [-0.1, -0.05) is 42.5 Å². The molecule has 0 bridgehead atoms. The highest BCUT2D eigenvalue weighted by Crippen LogP contribution is 2.24. The predicted octanol–water partition coefficient (Wildman–Crippen LogP) is 3.25. The van der Waals surface area contributed by atoms with Crippen LogP contribution in [0.3, 0.4) is 0 Å². The standard InChI is InChI=1S/C27H26N4O3S/c28-18-24-9-4-14-30(24)16-13-26(27(32)31-15-12-21-5-1-2-6-23(21)19-31)29-35(33,34)25-11-10-20-7-3-8-22(20)17-25/h1-7,9-11,14,17,26,29H,8,12-13,15-16,19H2. The minimum absolute atomic E-state index is 0.153. The van der Waals surface area contributed by atoms with E-state index in [9.17, 15) is 18.5 Å². The van der Waals surface area contributed by atoms with Crippen molar-refractivity contribution >= 4 is 22.0 Å². The number of benzene rings is 2. The van der Waals surface area contributed by atoms with Crippen LogP contribution in [0.2, 0.25) is 0 Å². The summed E-state index contributed by atoms with van der Waals surface area (Å²) in [6.07, 6.45) is 7.39. The molecule has 3 aromatic rings. The topological polar surface area (TPSA) is 95.2 Å². The average molecular weight is 487 g/mol. The number of allylic oxidation sites excluding steroid dienone is 1. The van der Waals surface area contributed by atoms with E-state index in [1.54, 1.807) is 46.0 Å². The van der Waals surface area contributed by atoms with E-state index in [2.05, 4.69) is 16.9 Å². The summed E-state index contributed by atoms with van der Waals surface area (Å²) in [5, 5.41) is 9.33. The normalized spacial score (nSPS) is 15.3. The second-order valence-corrected chi connectivity index (χ2v) is 10.6. The Morgan fingerprint density at radius 1 is 1.09 bits per heavy atom. The number of nitriles is 1. The molecule has 1 atom stereocenters. The Hall–Kier alpha value is -3.67. The zero-order valence-electron chi connectivity index (χ0n) is 19.2. The van der Waals surface area contributed by atoms with Crippen molar-refractivity contribution in [3.8, 4) is 6.07 Å². The summed E-state index contributed by atoms with van der Waals surface area (Å²) in [7, 11) is -3.93. The van der Waals surface area contributed by atoms with Crippen molar-refractivity contribution < 1.29 is 13.2 Å². The lowest BCUT2D eigenvalue weighted by Crippen LogP contribution is -2.50. The molecule has 35 heavy (non-hydrogen) atoms. The second-order valence-electron chi connectivity index (χ2n) is 8.91. The number of fused-ring (bicyclic) bond motifs is 2. The molecule has 2 heterocycles. The first kappa shape index (κ1) is 23.1. The van der Waals surface area contributed by atoms with Crippen molar-refractivity contribution in [3.63, 3.8) is 0 Å². The number of carbonyl (C=O) groups is 1. The molecule has 0 saturated carbocycles. The van der Waals surface area contributed by atoms with Gasteiger partial charge in [0.15, 0.2) is 0 Å². The Kier molecular flexibility index (Phi) is 6.29. The van der Waals surface area contributed by atoms with Crippen molar-refractivity contribution in [3.05, 3.63) is 94.8 Å². The van der Waals surface area contributed by atoms with Gasteiger partial charge in [-0.05, 0) is 65.8 Å². The lowest BCUT2D eigenvalue weighted by molar-refractivity contribution is -0.134. The molecule has 0 fully saturated rings. The number of rotatable bonds is 7. The van der Waals surface area contributed by atoms with Crippen LogP contribution in [0.4, 0.5) is 0 Å². The van der Waals surface area contributed by atoms with Gasteiger partial charge in [0, 0.05) is 25.8 Å². The van der Waals surface area contributed by atoms with Gasteiger partial charge in [0.05, 0.1) is 4.90 Å². The Bertz CT molecular complexity index is 1450. The minimum atomic E-state index is -3.93. The maximum Gasteiger partial charge on any atom is 0.241 e. The summed E-state index contributed by atoms with van der Waals surface area (Å²) in [5.41, 5.74) is 4.73. The van der Waals surface area contributed by atoms with Crippen LogP contribution in [0, 0.1) is 11.3 Å². The first-order valence-electron chi connectivity index (χ1n) is 11.7. The van der Waals surface area contributed by atoms with Crippen LogP contribution in [0.5, 0.6) is 0 Å². The van der Waals surface area contributed by atoms with Crippen LogP contribution in [-0.2, 0) is 40.7 Å². The lowest BCUT2D eigenvalue weighted by Gasteiger charge is -2.32. The highest BCUT2D eigenvalue weighted by molar-refractivity contribution is 7.89. The molecule has 0 spiro atoms. The molecule has 1 amide bonds. The number of carbonyl (C=O) groups excluding carboxylic acids is 1. The minimum Gasteiger partial charge on any atom is -0.339 e. The van der Waals surface area contributed by atoms with Gasteiger partial charge in [-0.3, -0.25) is 4.79 Å². The van der Waals surface area contributed by atoms with Gasteiger partial charge in [0.1, 0.15) is 17.8 Å². The molecule has 5 rings (SSSR count). The van der Waals surface area contributed by atoms with E-state index >= 15 is 0 Å². The largest absolute Gasteiger partial charge is 0.339 e. The Labute approximate surface area is 205 Å². The van der Waals surface area contributed by atoms with E-state index in [0.29, 0.717) is 31.7 Å². The van der Waals surface area contributed by atoms with E-state index in [-0.39, 0.29) is 17.2 Å². The molecule has 178 valence electrons. The Morgan fingerprint density at radius 3 is 2.74 bits per heavy atom. The number of aryl methyl sites for hydroxylation is 1. The molecule has 0 radical (unpaired) electrons. The third-order valence-corrected chi connectivity index (χ3v) is 8.17. The van der Waals surface area contributed by atoms with Gasteiger partial charge in [0.25, 0.3) is 0 Å². The monoisotopic (exact) mass is 486 g/mol. The Balaban J connectivity index is 1.39. The molecule has 1 aliphatic carbocycles. The number of sulfonamides is 1. The summed E-state index contributed by atoms with van der Waals surface area (Å²) in [6.45, 7) is 1.32. The smallest absolute Gasteiger partial charge is 0.241 e. The average Bonchev–Trinajstić information content (AvgIpc) is 3.54. The van der Waals surface area contributed by atoms with Crippen molar-refractivity contribution in [2.45, 2.75) is 43.3 Å². The maximum atomic E-state index is 13.6. The van der Waals surface area contributed by atoms with Crippen LogP contribution in [0.15, 0.2) is 71.8 Å². The third kappa shape index (κ3) is 4.78. The molecule has 8 heteroatoms. The van der Waals surface area contributed by atoms with E-state index in [1.807, 2.05) is 30.4 Å². The first-order chi connectivity index (χ1) is 16.9. The van der Waals surface area contributed by atoms with Gasteiger partial charge >= 0.3 is 0 Å². The van der Waals surface area contributed by atoms with Gasteiger partial charge in [-0.15, -0.1) is 0 Å². The van der Waals surface area contributed by atoms with Gasteiger partial charge in [-0.2, -0.15) is 9.98 Å². The van der Waals surface area contributed by atoms with Gasteiger partial charge in [-0.25, -0.2) is 8.42 Å². The molecule has 7 nitrogen and oxygen atoms in total. The zero-order valence-corrected chi connectivity index (χ0v) is 20.0. The summed E-state index contributed by atoms with van der Waals surface area (Å²) < 4.78 is 31.1. The fourth-order valence-corrected chi connectivity index (χ4v) is 6.05. The summed E-state index contributed by atoms with van der Waals surface area (Å²) in [6, 6.07) is 17.7. The molecular formula is C27H26N4O3S. The zero-order chi connectivity index (χ0) is 24.4. The summed E-state index contributed by atoms with van der Waals surface area (Å²) in [5.74, 6) is -0.253. The third-order valence-electron chi connectivity index (χ3n) is 6.70. The highest BCUT2D eigenvalue weighted by Gasteiger charge is 2.31. The van der Waals surface area contributed by atoms with Crippen LogP contribution in [-0.4, -0.2) is 36.4 Å². The summed E-state index contributed by atoms with van der Waals surface area (Å²) in [4.78, 5) is 15.5. The molecule has 1 aliphatic heterocycles. The number of aromatic nitrogens is 1. The predicted molar refractivity (Wildman–Crippen MR) is 133 cm³/mol. The van der Waals surface area contributed by atoms with E-state index in [0.717, 1.165) is 23.1 Å². The highest BCUT2D eigenvalue weighted by atomic mass is 32.2. The van der Waals surface area contributed by atoms with Gasteiger partial charge in [0.2, 0.25) is 15.9 Å². The molecule has 2 aliphatic rings. The maximum absolute atomic E-state index is 13.6. The number of nitrogens with one attached hydrogen (secondary N) is 1. The fourth-order valence-electron chi connectivity index (χ4n) is 4.77. The number of hydrogen-bond donors (Lipinski definition) is 1. The van der Waals surface area contributed by atoms with Crippen molar-refractivity contribution in [2.75, 3.05) is 6.54 Å². The van der Waals surface area contributed by atoms with Crippen LogP contribution in [0.1, 0.15) is 34.4 Å². The number of amides is 1. The van der Waals surface area contributed by atoms with Crippen molar-refractivity contribution in [1.82, 2.24) is 14.2 Å². The van der Waals surface area contributed by atoms with Crippen LogP contribution >= 0.6 is 0 Å². The molecule has 1 aromatic heterocycles. The van der Waals surface area contributed by atoms with Crippen molar-refractivity contribution in [2.24, 2.45) is 0 Å². The molecular weight excluding hydrogens is 460 g/mol. The van der Waals surface area contributed by atoms with E-state index in [1.165, 1.54) is 5.56 Å². The van der Waals surface area contributed by atoms with Crippen LogP contribution in [0.25, 0.3) is 6.08 Å². The first-order valence-corrected chi connectivity index (χ1v) is 13.2. The quantitative estimate of drug-likeness (QED) is 0.555. The number of nitrogens with zero attached hydrogens (tertiary/aromatic N) is 3. The molecule has 2 aromatic carbocycles. The van der Waals surface area contributed by atoms with Gasteiger partial charge < -0.3 is 9.47 Å². The second kappa shape index (κ2) is 9.53. The van der Waals surface area contributed by atoms with Crippen molar-refractivity contribution in [1.29, 1.82) is 5.26 Å². The Morgan fingerprint density at radius 2 is 1.91 bits per heavy atom. The molecule has 0 saturated heterocycles. The van der Waals surface area contributed by atoms with E-state index < -0.39 is 16.1 Å². The van der Waals surface area contributed by atoms with E-state index in [4.69, 9.17) is 0 Å². The number of hydrogen-bond acceptors (Lipinski definition) is 4. The lowest BCUT2D eigenvalue weighted by atomic mass is 9.99. The SMILES string of the molecule is N#Cc1cccn1CCC(NS(=O)(=O)c1ccc2c(c1)CC=C2)C(=O)N1CCc2ccccc2C1. The molecule has 1 N–H and O–H groups in total.